The minimum atomic E-state index is -1.07. The number of allylic oxidation sites excluding steroid dienone is 1. The first-order valence-corrected chi connectivity index (χ1v) is 5.92. The van der Waals surface area contributed by atoms with Gasteiger partial charge in [-0.05, 0) is 38.5 Å². The van der Waals surface area contributed by atoms with Gasteiger partial charge >= 0.3 is 5.97 Å². The number of rotatable bonds is 4. The Balaban J connectivity index is 2.76. The van der Waals surface area contributed by atoms with E-state index in [1.54, 1.807) is 45.0 Å². The van der Waals surface area contributed by atoms with E-state index >= 15 is 0 Å². The van der Waals surface area contributed by atoms with Gasteiger partial charge in [-0.2, -0.15) is 0 Å². The van der Waals surface area contributed by atoms with Gasteiger partial charge in [-0.25, -0.2) is 9.18 Å². The van der Waals surface area contributed by atoms with Crippen LogP contribution in [-0.2, 0) is 4.74 Å². The minimum Gasteiger partial charge on any atom is -0.456 e. The number of benzene rings is 1. The summed E-state index contributed by atoms with van der Waals surface area (Å²) in [4.78, 5) is 11.7. The van der Waals surface area contributed by atoms with E-state index in [0.717, 1.165) is 0 Å². The van der Waals surface area contributed by atoms with E-state index < -0.39 is 17.7 Å². The molecule has 0 aliphatic carbocycles. The van der Waals surface area contributed by atoms with Gasteiger partial charge < -0.3 is 4.74 Å². The molecule has 0 amide bonds. The summed E-state index contributed by atoms with van der Waals surface area (Å²) in [7, 11) is 0. The van der Waals surface area contributed by atoms with Crippen molar-refractivity contribution in [3.63, 3.8) is 0 Å². The van der Waals surface area contributed by atoms with Crippen molar-refractivity contribution in [1.29, 1.82) is 0 Å². The average molecular weight is 250 g/mol. The topological polar surface area (TPSA) is 26.3 Å². The molecule has 1 unspecified atom stereocenters. The number of hydrogen-bond donors (Lipinski definition) is 0. The maximum atomic E-state index is 13.6. The lowest BCUT2D eigenvalue weighted by Gasteiger charge is -2.19. The van der Waals surface area contributed by atoms with E-state index in [9.17, 15) is 9.18 Å². The predicted octanol–water partition coefficient (Wildman–Crippen LogP) is 4.23. The molecule has 0 aromatic heterocycles. The standard InChI is InChI=1S/C15H19FO2/c1-5-6-13(16)11-7-9-12(10-8-11)14(17)18-15(2,3)4/h5,7-10,13H,1,6H2,2-4H3. The number of hydrogen-bond acceptors (Lipinski definition) is 2. The zero-order chi connectivity index (χ0) is 13.8. The minimum absolute atomic E-state index is 0.270. The lowest BCUT2D eigenvalue weighted by atomic mass is 10.1. The second-order valence-electron chi connectivity index (χ2n) is 5.12. The second-order valence-corrected chi connectivity index (χ2v) is 5.12. The highest BCUT2D eigenvalue weighted by Gasteiger charge is 2.18. The summed E-state index contributed by atoms with van der Waals surface area (Å²) in [6.07, 6.45) is 0.730. The van der Waals surface area contributed by atoms with Gasteiger partial charge in [0.2, 0.25) is 0 Å². The number of halogens is 1. The number of carbonyl (C=O) groups is 1. The zero-order valence-electron chi connectivity index (χ0n) is 11.1. The summed E-state index contributed by atoms with van der Waals surface area (Å²) >= 11 is 0. The molecule has 1 atom stereocenters. The molecule has 0 radical (unpaired) electrons. The summed E-state index contributed by atoms with van der Waals surface area (Å²) < 4.78 is 18.8. The van der Waals surface area contributed by atoms with E-state index in [2.05, 4.69) is 6.58 Å². The zero-order valence-corrected chi connectivity index (χ0v) is 11.1. The van der Waals surface area contributed by atoms with Crippen LogP contribution in [0.25, 0.3) is 0 Å². The normalized spacial score (nSPS) is 12.9. The van der Waals surface area contributed by atoms with Crippen LogP contribution in [0.1, 0.15) is 49.3 Å². The Morgan fingerprint density at radius 1 is 1.39 bits per heavy atom. The largest absolute Gasteiger partial charge is 0.456 e. The third-order valence-electron chi connectivity index (χ3n) is 2.28. The number of esters is 1. The van der Waals surface area contributed by atoms with Gasteiger partial charge in [-0.15, -0.1) is 6.58 Å². The molecule has 0 fully saturated rings. The van der Waals surface area contributed by atoms with Crippen molar-refractivity contribution in [1.82, 2.24) is 0 Å². The Morgan fingerprint density at radius 2 is 1.94 bits per heavy atom. The maximum absolute atomic E-state index is 13.6. The van der Waals surface area contributed by atoms with Crippen LogP contribution in [0.4, 0.5) is 4.39 Å². The monoisotopic (exact) mass is 250 g/mol. The fraction of sp³-hybridized carbons (Fsp3) is 0.400. The lowest BCUT2D eigenvalue weighted by molar-refractivity contribution is 0.00695. The van der Waals surface area contributed by atoms with Crippen molar-refractivity contribution < 1.29 is 13.9 Å². The average Bonchev–Trinajstić information content (AvgIpc) is 2.27. The van der Waals surface area contributed by atoms with Crippen LogP contribution >= 0.6 is 0 Å². The lowest BCUT2D eigenvalue weighted by Crippen LogP contribution is -2.23. The third kappa shape index (κ3) is 4.32. The van der Waals surface area contributed by atoms with Gasteiger partial charge in [0.25, 0.3) is 0 Å². The van der Waals surface area contributed by atoms with Crippen LogP contribution in [0.2, 0.25) is 0 Å². The molecule has 18 heavy (non-hydrogen) atoms. The Kier molecular flexibility index (Phi) is 4.65. The van der Waals surface area contributed by atoms with Crippen LogP contribution in [-0.4, -0.2) is 11.6 Å². The summed E-state index contributed by atoms with van der Waals surface area (Å²) in [6, 6.07) is 6.37. The summed E-state index contributed by atoms with van der Waals surface area (Å²) in [5.41, 5.74) is 0.447. The van der Waals surface area contributed by atoms with Gasteiger partial charge in [0.1, 0.15) is 11.8 Å². The molecule has 0 aliphatic rings. The van der Waals surface area contributed by atoms with Crippen molar-refractivity contribution in [3.05, 3.63) is 48.0 Å². The first-order chi connectivity index (χ1) is 8.33. The van der Waals surface area contributed by atoms with Gasteiger partial charge in [-0.3, -0.25) is 0 Å². The summed E-state index contributed by atoms with van der Waals surface area (Å²) in [5, 5.41) is 0. The number of carbonyl (C=O) groups excluding carboxylic acids is 1. The molecule has 2 nitrogen and oxygen atoms in total. The smallest absolute Gasteiger partial charge is 0.338 e. The number of ether oxygens (including phenoxy) is 1. The molecule has 0 saturated carbocycles. The summed E-state index contributed by atoms with van der Waals surface area (Å²) in [5.74, 6) is -0.395. The fourth-order valence-electron chi connectivity index (χ4n) is 1.45. The van der Waals surface area contributed by atoms with E-state index in [0.29, 0.717) is 11.1 Å². The first-order valence-electron chi connectivity index (χ1n) is 5.92. The quantitative estimate of drug-likeness (QED) is 0.590. The highest BCUT2D eigenvalue weighted by atomic mass is 19.1. The van der Waals surface area contributed by atoms with Crippen LogP contribution in [0.3, 0.4) is 0 Å². The third-order valence-corrected chi connectivity index (χ3v) is 2.28. The van der Waals surface area contributed by atoms with Gasteiger partial charge in [0.05, 0.1) is 5.56 Å². The molecular formula is C15H19FO2. The Hall–Kier alpha value is -1.64. The van der Waals surface area contributed by atoms with Crippen LogP contribution in [0, 0.1) is 0 Å². The Bertz CT molecular complexity index is 415. The van der Waals surface area contributed by atoms with Gasteiger partial charge in [-0.1, -0.05) is 18.2 Å². The van der Waals surface area contributed by atoms with Crippen molar-refractivity contribution in [3.8, 4) is 0 Å². The van der Waals surface area contributed by atoms with E-state index in [1.807, 2.05) is 0 Å². The molecule has 0 heterocycles. The molecular weight excluding hydrogens is 231 g/mol. The van der Waals surface area contributed by atoms with E-state index in [4.69, 9.17) is 4.74 Å². The fourth-order valence-corrected chi connectivity index (χ4v) is 1.45. The Morgan fingerprint density at radius 3 is 2.39 bits per heavy atom. The van der Waals surface area contributed by atoms with Crippen molar-refractivity contribution in [2.24, 2.45) is 0 Å². The van der Waals surface area contributed by atoms with Crippen LogP contribution in [0.15, 0.2) is 36.9 Å². The SMILES string of the molecule is C=CCC(F)c1ccc(C(=O)OC(C)(C)C)cc1. The first kappa shape index (κ1) is 14.4. The van der Waals surface area contributed by atoms with Crippen molar-refractivity contribution in [2.45, 2.75) is 39.0 Å². The molecule has 0 bridgehead atoms. The molecule has 0 aliphatic heterocycles. The summed E-state index contributed by atoms with van der Waals surface area (Å²) in [6.45, 7) is 8.92. The van der Waals surface area contributed by atoms with Gasteiger partial charge in [0, 0.05) is 6.42 Å². The van der Waals surface area contributed by atoms with Crippen molar-refractivity contribution >= 4 is 5.97 Å². The maximum Gasteiger partial charge on any atom is 0.338 e. The number of alkyl halides is 1. The highest BCUT2D eigenvalue weighted by molar-refractivity contribution is 5.89. The molecule has 1 aromatic rings. The highest BCUT2D eigenvalue weighted by Crippen LogP contribution is 2.22. The molecule has 0 N–H and O–H groups in total. The molecule has 1 rings (SSSR count). The molecule has 0 spiro atoms. The van der Waals surface area contributed by atoms with E-state index in [-0.39, 0.29) is 6.42 Å². The molecule has 98 valence electrons. The molecule has 1 aromatic carbocycles. The van der Waals surface area contributed by atoms with Crippen LogP contribution < -0.4 is 0 Å². The van der Waals surface area contributed by atoms with Crippen molar-refractivity contribution in [2.75, 3.05) is 0 Å². The van der Waals surface area contributed by atoms with E-state index in [1.165, 1.54) is 6.08 Å². The van der Waals surface area contributed by atoms with Gasteiger partial charge in [0.15, 0.2) is 0 Å². The molecule has 3 heteroatoms. The second kappa shape index (κ2) is 5.80. The predicted molar refractivity (Wildman–Crippen MR) is 70.3 cm³/mol. The molecule has 0 saturated heterocycles. The Labute approximate surface area is 107 Å². The van der Waals surface area contributed by atoms with Crippen LogP contribution in [0.5, 0.6) is 0 Å².